The molecular weight excluding hydrogens is 336 g/mol. The fraction of sp³-hybridized carbons (Fsp3) is 0.364. The lowest BCUT2D eigenvalue weighted by Gasteiger charge is -2.22. The van der Waals surface area contributed by atoms with Crippen LogP contribution in [0.4, 0.5) is 0 Å². The van der Waals surface area contributed by atoms with Crippen molar-refractivity contribution in [2.45, 2.75) is 32.2 Å². The summed E-state index contributed by atoms with van der Waals surface area (Å²) in [4.78, 5) is 20.1. The molecule has 4 rings (SSSR count). The first-order chi connectivity index (χ1) is 13.3. The smallest absolute Gasteiger partial charge is 0.220 e. The van der Waals surface area contributed by atoms with Gasteiger partial charge >= 0.3 is 0 Å². The van der Waals surface area contributed by atoms with Crippen LogP contribution in [-0.4, -0.2) is 29.0 Å². The van der Waals surface area contributed by atoms with Crippen molar-refractivity contribution in [1.29, 1.82) is 0 Å². The predicted molar refractivity (Wildman–Crippen MR) is 108 cm³/mol. The van der Waals surface area contributed by atoms with Gasteiger partial charge in [-0.2, -0.15) is 0 Å². The van der Waals surface area contributed by atoms with Gasteiger partial charge in [0.15, 0.2) is 0 Å². The minimum absolute atomic E-state index is 0.148. The Bertz CT molecular complexity index is 861. The molecule has 140 valence electrons. The van der Waals surface area contributed by atoms with Crippen molar-refractivity contribution >= 4 is 16.9 Å². The molecule has 3 aromatic rings. The first-order valence-electron chi connectivity index (χ1n) is 9.79. The summed E-state index contributed by atoms with van der Waals surface area (Å²) in [6.07, 6.45) is 4.01. The van der Waals surface area contributed by atoms with Gasteiger partial charge in [0.2, 0.25) is 5.91 Å². The number of rotatable bonds is 6. The molecule has 2 heterocycles. The number of piperidine rings is 1. The van der Waals surface area contributed by atoms with Crippen LogP contribution in [0, 0.1) is 5.92 Å². The van der Waals surface area contributed by atoms with E-state index in [-0.39, 0.29) is 5.91 Å². The number of benzene rings is 2. The average Bonchev–Trinajstić information content (AvgIpc) is 3.16. The molecule has 1 aromatic heterocycles. The number of hydrogen-bond donors (Lipinski definition) is 3. The van der Waals surface area contributed by atoms with Gasteiger partial charge in [-0.25, -0.2) is 4.98 Å². The number of hydrogen-bond acceptors (Lipinski definition) is 3. The lowest BCUT2D eigenvalue weighted by molar-refractivity contribution is -0.121. The highest BCUT2D eigenvalue weighted by Gasteiger charge is 2.14. The maximum Gasteiger partial charge on any atom is 0.220 e. The van der Waals surface area contributed by atoms with Gasteiger partial charge in [0.1, 0.15) is 5.82 Å². The highest BCUT2D eigenvalue weighted by atomic mass is 16.1. The molecule has 1 aliphatic heterocycles. The van der Waals surface area contributed by atoms with E-state index in [9.17, 15) is 4.79 Å². The normalized spacial score (nSPS) is 15.1. The number of aromatic amines is 1. The zero-order valence-electron chi connectivity index (χ0n) is 15.5. The number of para-hydroxylation sites is 2. The predicted octanol–water partition coefficient (Wildman–Crippen LogP) is 3.63. The molecule has 5 nitrogen and oxygen atoms in total. The van der Waals surface area contributed by atoms with Crippen LogP contribution < -0.4 is 10.6 Å². The molecular formula is C22H26N4O. The van der Waals surface area contributed by atoms with Gasteiger partial charge in [-0.3, -0.25) is 4.79 Å². The van der Waals surface area contributed by atoms with E-state index in [4.69, 9.17) is 0 Å². The molecule has 0 aliphatic carbocycles. The number of amides is 1. The Balaban J connectivity index is 1.29. The van der Waals surface area contributed by atoms with Gasteiger partial charge < -0.3 is 15.6 Å². The van der Waals surface area contributed by atoms with Crippen molar-refractivity contribution in [3.8, 4) is 11.4 Å². The van der Waals surface area contributed by atoms with E-state index in [0.717, 1.165) is 47.5 Å². The van der Waals surface area contributed by atoms with Crippen LogP contribution in [0.5, 0.6) is 0 Å². The van der Waals surface area contributed by atoms with E-state index in [1.165, 1.54) is 12.8 Å². The van der Waals surface area contributed by atoms with Crippen LogP contribution in [0.3, 0.4) is 0 Å². The first-order valence-corrected chi connectivity index (χ1v) is 9.79. The van der Waals surface area contributed by atoms with Gasteiger partial charge in [0.05, 0.1) is 11.0 Å². The third-order valence-corrected chi connectivity index (χ3v) is 5.34. The molecule has 5 heteroatoms. The molecule has 3 N–H and O–H groups in total. The minimum atomic E-state index is 0.148. The molecule has 0 radical (unpaired) electrons. The molecule has 0 unspecified atom stereocenters. The van der Waals surface area contributed by atoms with E-state index in [0.29, 0.717) is 18.9 Å². The third-order valence-electron chi connectivity index (χ3n) is 5.34. The van der Waals surface area contributed by atoms with Crippen LogP contribution in [0.25, 0.3) is 22.4 Å². The largest absolute Gasteiger partial charge is 0.352 e. The molecule has 1 fully saturated rings. The summed E-state index contributed by atoms with van der Waals surface area (Å²) in [5.74, 6) is 1.71. The quantitative estimate of drug-likeness (QED) is 0.627. The number of nitrogens with one attached hydrogen (secondary N) is 3. The molecule has 27 heavy (non-hydrogen) atoms. The second-order valence-electron chi connectivity index (χ2n) is 7.31. The van der Waals surface area contributed by atoms with Gasteiger partial charge in [-0.1, -0.05) is 36.4 Å². The second-order valence-corrected chi connectivity index (χ2v) is 7.31. The van der Waals surface area contributed by atoms with Gasteiger partial charge in [0.25, 0.3) is 0 Å². The summed E-state index contributed by atoms with van der Waals surface area (Å²) in [5, 5.41) is 6.41. The van der Waals surface area contributed by atoms with Crippen LogP contribution in [0.2, 0.25) is 0 Å². The lowest BCUT2D eigenvalue weighted by Crippen LogP contribution is -2.29. The number of fused-ring (bicyclic) bond motifs is 1. The van der Waals surface area contributed by atoms with Crippen LogP contribution >= 0.6 is 0 Å². The Hall–Kier alpha value is -2.66. The maximum atomic E-state index is 12.1. The third kappa shape index (κ3) is 4.55. The SMILES string of the molecule is O=C(CCC1CCNCC1)NCc1ccc(-c2nc3ccccc3[nH]2)cc1. The Labute approximate surface area is 159 Å². The maximum absolute atomic E-state index is 12.1. The Morgan fingerprint density at radius 1 is 1.07 bits per heavy atom. The molecule has 2 aromatic carbocycles. The van der Waals surface area contributed by atoms with E-state index in [1.807, 2.05) is 36.4 Å². The van der Waals surface area contributed by atoms with Crippen molar-refractivity contribution in [1.82, 2.24) is 20.6 Å². The highest BCUT2D eigenvalue weighted by Crippen LogP contribution is 2.21. The Kier molecular flexibility index (Phi) is 5.49. The molecule has 1 amide bonds. The van der Waals surface area contributed by atoms with Crippen molar-refractivity contribution in [2.75, 3.05) is 13.1 Å². The fourth-order valence-electron chi connectivity index (χ4n) is 3.66. The lowest BCUT2D eigenvalue weighted by atomic mass is 9.93. The van der Waals surface area contributed by atoms with Crippen LogP contribution in [0.15, 0.2) is 48.5 Å². The standard InChI is InChI=1S/C22H26N4O/c27-21(10-7-16-11-13-23-14-12-16)24-15-17-5-8-18(9-6-17)22-25-19-3-1-2-4-20(19)26-22/h1-6,8-9,16,23H,7,10-15H2,(H,24,27)(H,25,26). The topological polar surface area (TPSA) is 69.8 Å². The van der Waals surface area contributed by atoms with Crippen molar-refractivity contribution < 1.29 is 4.79 Å². The number of nitrogens with zero attached hydrogens (tertiary/aromatic N) is 1. The highest BCUT2D eigenvalue weighted by molar-refractivity contribution is 5.79. The summed E-state index contributed by atoms with van der Waals surface area (Å²) in [7, 11) is 0. The summed E-state index contributed by atoms with van der Waals surface area (Å²) < 4.78 is 0. The van der Waals surface area contributed by atoms with Gasteiger partial charge in [0, 0.05) is 18.5 Å². The number of H-pyrrole nitrogens is 1. The van der Waals surface area contributed by atoms with Crippen molar-refractivity contribution in [3.63, 3.8) is 0 Å². The van der Waals surface area contributed by atoms with Gasteiger partial charge in [-0.05, 0) is 56.0 Å². The molecule has 1 aliphatic rings. The number of aromatic nitrogens is 2. The Morgan fingerprint density at radius 2 is 1.85 bits per heavy atom. The fourth-order valence-corrected chi connectivity index (χ4v) is 3.66. The summed E-state index contributed by atoms with van der Waals surface area (Å²) in [6.45, 7) is 2.75. The van der Waals surface area contributed by atoms with E-state index in [2.05, 4.69) is 32.7 Å². The number of carbonyl (C=O) groups excluding carboxylic acids is 1. The summed E-state index contributed by atoms with van der Waals surface area (Å²) >= 11 is 0. The average molecular weight is 362 g/mol. The second kappa shape index (κ2) is 8.35. The number of imidazole rings is 1. The summed E-state index contributed by atoms with van der Waals surface area (Å²) in [5.41, 5.74) is 4.16. The zero-order valence-corrected chi connectivity index (χ0v) is 15.5. The molecule has 0 bridgehead atoms. The monoisotopic (exact) mass is 362 g/mol. The van der Waals surface area contributed by atoms with E-state index < -0.39 is 0 Å². The Morgan fingerprint density at radius 3 is 2.63 bits per heavy atom. The van der Waals surface area contributed by atoms with Crippen molar-refractivity contribution in [3.05, 3.63) is 54.1 Å². The molecule has 0 atom stereocenters. The summed E-state index contributed by atoms with van der Waals surface area (Å²) in [6, 6.07) is 16.2. The zero-order chi connectivity index (χ0) is 18.5. The van der Waals surface area contributed by atoms with E-state index in [1.54, 1.807) is 0 Å². The first kappa shape index (κ1) is 17.7. The molecule has 1 saturated heterocycles. The van der Waals surface area contributed by atoms with E-state index >= 15 is 0 Å². The van der Waals surface area contributed by atoms with Crippen LogP contribution in [0.1, 0.15) is 31.2 Å². The van der Waals surface area contributed by atoms with Crippen LogP contribution in [-0.2, 0) is 11.3 Å². The van der Waals surface area contributed by atoms with Gasteiger partial charge in [-0.15, -0.1) is 0 Å². The number of carbonyl (C=O) groups is 1. The van der Waals surface area contributed by atoms with Crippen molar-refractivity contribution in [2.24, 2.45) is 5.92 Å². The molecule has 0 saturated carbocycles. The molecule has 0 spiro atoms. The minimum Gasteiger partial charge on any atom is -0.352 e.